The molecule has 8 nitrogen and oxygen atoms in total. The van der Waals surface area contributed by atoms with Crippen molar-refractivity contribution in [3.8, 4) is 11.3 Å². The summed E-state index contributed by atoms with van der Waals surface area (Å²) in [4.78, 5) is 28.2. The molecule has 1 saturated heterocycles. The van der Waals surface area contributed by atoms with E-state index >= 15 is 0 Å². The Kier molecular flexibility index (Phi) is 6.25. The molecule has 2 aliphatic rings. The number of amides is 1. The average Bonchev–Trinajstić information content (AvgIpc) is 3.49. The number of hydrogen-bond acceptors (Lipinski definition) is 8. The van der Waals surface area contributed by atoms with Crippen LogP contribution >= 0.6 is 11.3 Å². The zero-order chi connectivity index (χ0) is 24.0. The summed E-state index contributed by atoms with van der Waals surface area (Å²) in [7, 11) is 0. The summed E-state index contributed by atoms with van der Waals surface area (Å²) in [6, 6.07) is -0.633. The van der Waals surface area contributed by atoms with Gasteiger partial charge in [0.2, 0.25) is 5.01 Å². The van der Waals surface area contributed by atoms with Gasteiger partial charge in [0, 0.05) is 43.5 Å². The van der Waals surface area contributed by atoms with Crippen molar-refractivity contribution in [1.82, 2.24) is 19.9 Å². The van der Waals surface area contributed by atoms with Gasteiger partial charge in [-0.15, -0.1) is 0 Å². The van der Waals surface area contributed by atoms with E-state index in [-0.39, 0.29) is 31.9 Å². The predicted molar refractivity (Wildman–Crippen MR) is 116 cm³/mol. The molecule has 0 radical (unpaired) electrons. The second-order valence-electron chi connectivity index (χ2n) is 9.23. The first kappa shape index (κ1) is 23.7. The monoisotopic (exact) mass is 485 g/mol. The molecule has 33 heavy (non-hydrogen) atoms. The minimum absolute atomic E-state index is 0.142. The highest BCUT2D eigenvalue weighted by atomic mass is 32.1. The van der Waals surface area contributed by atoms with Crippen LogP contribution in [0.1, 0.15) is 50.4 Å². The fourth-order valence-corrected chi connectivity index (χ4v) is 4.60. The van der Waals surface area contributed by atoms with Crippen LogP contribution in [0, 0.1) is 0 Å². The van der Waals surface area contributed by atoms with Gasteiger partial charge in [-0.25, -0.2) is 19.7 Å². The molecule has 2 aromatic rings. The van der Waals surface area contributed by atoms with E-state index in [1.165, 1.54) is 17.3 Å². The van der Waals surface area contributed by atoms with Gasteiger partial charge in [-0.1, -0.05) is 11.3 Å². The first-order valence-electron chi connectivity index (χ1n) is 10.7. The number of piperazine rings is 1. The zero-order valence-electron chi connectivity index (χ0n) is 18.6. The van der Waals surface area contributed by atoms with Crippen molar-refractivity contribution < 1.29 is 27.8 Å². The third-order valence-electron chi connectivity index (χ3n) is 5.35. The van der Waals surface area contributed by atoms with E-state index < -0.39 is 28.9 Å². The number of anilines is 1. The number of aliphatic hydroxyl groups is 1. The van der Waals surface area contributed by atoms with E-state index in [1.54, 1.807) is 25.7 Å². The van der Waals surface area contributed by atoms with Crippen LogP contribution in [0.2, 0.25) is 0 Å². The van der Waals surface area contributed by atoms with Crippen LogP contribution in [-0.4, -0.2) is 68.9 Å². The molecule has 1 N–H and O–H groups in total. The largest absolute Gasteiger partial charge is 0.444 e. The maximum absolute atomic E-state index is 13.5. The quantitative estimate of drug-likeness (QED) is 0.702. The highest BCUT2D eigenvalue weighted by Gasteiger charge is 2.39. The van der Waals surface area contributed by atoms with Gasteiger partial charge >= 0.3 is 12.3 Å². The number of hydrogen-bond donors (Lipinski definition) is 1. The Morgan fingerprint density at radius 2 is 1.88 bits per heavy atom. The van der Waals surface area contributed by atoms with Gasteiger partial charge in [0.15, 0.2) is 0 Å². The fraction of sp³-hybridized carbons (Fsp3) is 0.619. The van der Waals surface area contributed by atoms with Crippen molar-refractivity contribution in [3.63, 3.8) is 0 Å². The Morgan fingerprint density at radius 1 is 1.21 bits per heavy atom. The van der Waals surface area contributed by atoms with Crippen molar-refractivity contribution >= 4 is 22.4 Å². The third kappa shape index (κ3) is 5.37. The van der Waals surface area contributed by atoms with Gasteiger partial charge in [-0.2, -0.15) is 13.2 Å². The van der Waals surface area contributed by atoms with E-state index in [9.17, 15) is 23.1 Å². The molecule has 1 atom stereocenters. The van der Waals surface area contributed by atoms with Crippen molar-refractivity contribution in [2.45, 2.75) is 57.3 Å². The fourth-order valence-electron chi connectivity index (χ4n) is 3.61. The topological polar surface area (TPSA) is 91.7 Å². The lowest BCUT2D eigenvalue weighted by molar-refractivity contribution is -0.137. The van der Waals surface area contributed by atoms with Crippen LogP contribution in [0.25, 0.3) is 11.3 Å². The molecule has 1 saturated carbocycles. The maximum atomic E-state index is 13.5. The molecule has 1 amide bonds. The summed E-state index contributed by atoms with van der Waals surface area (Å²) in [5.74, 6) is 1.02. The van der Waals surface area contributed by atoms with Crippen LogP contribution in [0.5, 0.6) is 0 Å². The second kappa shape index (κ2) is 8.71. The summed E-state index contributed by atoms with van der Waals surface area (Å²) in [6.45, 7) is 5.48. The van der Waals surface area contributed by atoms with Crippen molar-refractivity contribution in [2.75, 3.05) is 31.1 Å². The minimum atomic E-state index is -4.60. The van der Waals surface area contributed by atoms with Crippen LogP contribution in [0.4, 0.5) is 23.0 Å². The lowest BCUT2D eigenvalue weighted by atomic mass is 10.1. The predicted octanol–water partition coefficient (Wildman–Crippen LogP) is 3.91. The molecule has 1 aliphatic carbocycles. The number of nitrogens with zero attached hydrogens (tertiary/aromatic N) is 5. The Labute approximate surface area is 193 Å². The molecule has 2 fully saturated rings. The van der Waals surface area contributed by atoms with Crippen LogP contribution < -0.4 is 4.90 Å². The summed E-state index contributed by atoms with van der Waals surface area (Å²) < 4.78 is 45.9. The van der Waals surface area contributed by atoms with Gasteiger partial charge in [-0.3, -0.25) is 4.90 Å². The second-order valence-corrected chi connectivity index (χ2v) is 10.2. The van der Waals surface area contributed by atoms with Crippen molar-refractivity contribution in [1.29, 1.82) is 0 Å². The lowest BCUT2D eigenvalue weighted by Crippen LogP contribution is -2.57. The Bertz CT molecular complexity index is 1000. The number of rotatable bonds is 4. The van der Waals surface area contributed by atoms with Crippen LogP contribution in [-0.2, 0) is 10.9 Å². The van der Waals surface area contributed by atoms with E-state index in [0.717, 1.165) is 12.8 Å². The smallest absolute Gasteiger partial charge is 0.443 e. The van der Waals surface area contributed by atoms with E-state index in [2.05, 4.69) is 15.0 Å². The number of alkyl halides is 3. The molecule has 0 aromatic carbocycles. The van der Waals surface area contributed by atoms with Gasteiger partial charge in [0.05, 0.1) is 12.6 Å². The molecular formula is C21H26F3N5O3S. The number of carbonyl (C=O) groups is 1. The molecule has 0 unspecified atom stereocenters. The minimum Gasteiger partial charge on any atom is -0.444 e. The highest BCUT2D eigenvalue weighted by Crippen LogP contribution is 2.43. The van der Waals surface area contributed by atoms with E-state index in [4.69, 9.17) is 4.74 Å². The summed E-state index contributed by atoms with van der Waals surface area (Å²) in [5.41, 5.74) is -0.152. The molecule has 12 heteroatoms. The van der Waals surface area contributed by atoms with Crippen LogP contribution in [0.15, 0.2) is 12.4 Å². The van der Waals surface area contributed by atoms with Gasteiger partial charge in [-0.05, 0) is 33.6 Å². The SMILES string of the molecule is CC(C)(C)OC(=O)N1CCN(c2sc(C(F)(F)F)nc2-c2cnc(C3CC3)nc2)C[C@H]1CO. The molecule has 0 spiro atoms. The highest BCUT2D eigenvalue weighted by molar-refractivity contribution is 7.16. The first-order chi connectivity index (χ1) is 15.5. The van der Waals surface area contributed by atoms with Gasteiger partial charge < -0.3 is 14.7 Å². The average molecular weight is 486 g/mol. The molecule has 2 aromatic heterocycles. The number of halogens is 3. The van der Waals surface area contributed by atoms with Gasteiger partial charge in [0.25, 0.3) is 0 Å². The number of carbonyl (C=O) groups excluding carboxylic acids is 1. The third-order valence-corrected chi connectivity index (χ3v) is 6.51. The Hall–Kier alpha value is -2.47. The molecule has 1 aliphatic heterocycles. The normalized spacial score (nSPS) is 19.7. The molecule has 0 bridgehead atoms. The summed E-state index contributed by atoms with van der Waals surface area (Å²) in [5, 5.41) is 9.24. The Morgan fingerprint density at radius 3 is 2.42 bits per heavy atom. The van der Waals surface area contributed by atoms with Crippen molar-refractivity contribution in [3.05, 3.63) is 23.2 Å². The summed E-state index contributed by atoms with van der Waals surface area (Å²) in [6.07, 6.45) is -0.0970. The van der Waals surface area contributed by atoms with Crippen LogP contribution in [0.3, 0.4) is 0 Å². The standard InChI is InChI=1S/C21H26F3N5O3S/c1-20(2,3)32-19(31)29-7-6-28(10-14(29)11-30)17-15(27-18(33-17)21(22,23)24)13-8-25-16(26-9-13)12-4-5-12/h8-9,12,14,30H,4-7,10-11H2,1-3H3/t14-/m0/s1. The molecule has 3 heterocycles. The lowest BCUT2D eigenvalue weighted by Gasteiger charge is -2.41. The zero-order valence-corrected chi connectivity index (χ0v) is 19.4. The first-order valence-corrected chi connectivity index (χ1v) is 11.5. The van der Waals surface area contributed by atoms with Gasteiger partial charge in [0.1, 0.15) is 22.1 Å². The van der Waals surface area contributed by atoms with E-state index in [1.807, 2.05) is 0 Å². The molecule has 180 valence electrons. The summed E-state index contributed by atoms with van der Waals surface area (Å²) >= 11 is 0.541. The maximum Gasteiger partial charge on any atom is 0.443 e. The number of ether oxygens (including phenoxy) is 1. The Balaban J connectivity index is 1.61. The number of aromatic nitrogens is 3. The number of thiazole rings is 1. The van der Waals surface area contributed by atoms with E-state index in [0.29, 0.717) is 33.6 Å². The van der Waals surface area contributed by atoms with Crippen molar-refractivity contribution in [2.24, 2.45) is 0 Å². The number of aliphatic hydroxyl groups excluding tert-OH is 1. The molecular weight excluding hydrogens is 459 g/mol. The molecule has 4 rings (SSSR count).